The van der Waals surface area contributed by atoms with Crippen molar-refractivity contribution >= 4 is 21.8 Å². The van der Waals surface area contributed by atoms with Gasteiger partial charge in [0.2, 0.25) is 5.91 Å². The Labute approximate surface area is 140 Å². The van der Waals surface area contributed by atoms with Crippen LogP contribution in [0.15, 0.2) is 28.7 Å². The fraction of sp³-hybridized carbons (Fsp3) is 0.611. The third kappa shape index (κ3) is 2.31. The summed E-state index contributed by atoms with van der Waals surface area (Å²) in [4.78, 5) is 15.6. The highest BCUT2D eigenvalue weighted by atomic mass is 79.9. The van der Waals surface area contributed by atoms with E-state index in [1.165, 1.54) is 18.4 Å². The number of halogens is 1. The number of amides is 1. The van der Waals surface area contributed by atoms with E-state index in [0.717, 1.165) is 43.5 Å². The minimum atomic E-state index is -0.268. The first-order valence-electron chi connectivity index (χ1n) is 8.45. The van der Waals surface area contributed by atoms with Crippen LogP contribution in [0.1, 0.15) is 31.2 Å². The maximum atomic E-state index is 13.4. The Bertz CT molecular complexity index is 570. The summed E-state index contributed by atoms with van der Waals surface area (Å²) >= 11 is 3.57. The van der Waals surface area contributed by atoms with E-state index < -0.39 is 0 Å². The molecule has 0 bridgehead atoms. The van der Waals surface area contributed by atoms with Crippen LogP contribution < -0.4 is 5.32 Å². The van der Waals surface area contributed by atoms with Gasteiger partial charge < -0.3 is 10.2 Å². The summed E-state index contributed by atoms with van der Waals surface area (Å²) in [6.07, 6.45) is 4.35. The molecular formula is C18H23BrN2O. The highest BCUT2D eigenvalue weighted by molar-refractivity contribution is 9.10. The Morgan fingerprint density at radius 3 is 2.50 bits per heavy atom. The van der Waals surface area contributed by atoms with Crippen molar-refractivity contribution in [3.05, 3.63) is 34.3 Å². The Hall–Kier alpha value is -0.870. The summed E-state index contributed by atoms with van der Waals surface area (Å²) < 4.78 is 1.08. The van der Waals surface area contributed by atoms with E-state index in [4.69, 9.17) is 0 Å². The van der Waals surface area contributed by atoms with Crippen molar-refractivity contribution in [2.45, 2.75) is 31.1 Å². The van der Waals surface area contributed by atoms with Gasteiger partial charge in [-0.05, 0) is 42.4 Å². The first-order chi connectivity index (χ1) is 10.7. The number of carbonyl (C=O) groups excluding carboxylic acids is 1. The zero-order valence-electron chi connectivity index (χ0n) is 12.9. The van der Waals surface area contributed by atoms with Crippen molar-refractivity contribution in [2.24, 2.45) is 11.8 Å². The fourth-order valence-corrected chi connectivity index (χ4v) is 5.11. The Morgan fingerprint density at radius 1 is 1.18 bits per heavy atom. The molecule has 4 rings (SSSR count). The normalized spacial score (nSPS) is 29.8. The molecule has 2 heterocycles. The third-order valence-electron chi connectivity index (χ3n) is 5.92. The minimum Gasteiger partial charge on any atom is -0.341 e. The quantitative estimate of drug-likeness (QED) is 0.876. The van der Waals surface area contributed by atoms with Gasteiger partial charge in [-0.2, -0.15) is 0 Å². The van der Waals surface area contributed by atoms with Gasteiger partial charge in [-0.15, -0.1) is 0 Å². The van der Waals surface area contributed by atoms with Gasteiger partial charge in [0.1, 0.15) is 0 Å². The standard InChI is InChI=1S/C18H23BrN2O/c19-16-5-3-4-15(8-16)18(6-1-2-7-18)17(22)21-11-13-9-20-10-14(13)12-21/h3-5,8,13-14,20H,1-2,6-7,9-12H2/t13-,14+. The largest absolute Gasteiger partial charge is 0.341 e. The van der Waals surface area contributed by atoms with E-state index in [1.807, 2.05) is 6.07 Å². The van der Waals surface area contributed by atoms with Gasteiger partial charge in [0.15, 0.2) is 0 Å². The summed E-state index contributed by atoms with van der Waals surface area (Å²) in [5.41, 5.74) is 0.940. The lowest BCUT2D eigenvalue weighted by molar-refractivity contribution is -0.136. The van der Waals surface area contributed by atoms with Crippen LogP contribution in [-0.2, 0) is 10.2 Å². The second kappa shape index (κ2) is 5.64. The van der Waals surface area contributed by atoms with Crippen LogP contribution in [0.25, 0.3) is 0 Å². The zero-order valence-corrected chi connectivity index (χ0v) is 14.4. The van der Waals surface area contributed by atoms with Crippen molar-refractivity contribution in [3.8, 4) is 0 Å². The molecule has 1 amide bonds. The molecule has 22 heavy (non-hydrogen) atoms. The fourth-order valence-electron chi connectivity index (χ4n) is 4.71. The average Bonchev–Trinajstić information content (AvgIpc) is 3.22. The van der Waals surface area contributed by atoms with E-state index in [1.54, 1.807) is 0 Å². The molecule has 0 aromatic heterocycles. The predicted molar refractivity (Wildman–Crippen MR) is 90.7 cm³/mol. The van der Waals surface area contributed by atoms with Gasteiger partial charge in [-0.3, -0.25) is 4.79 Å². The molecule has 4 heteroatoms. The first kappa shape index (κ1) is 14.7. The van der Waals surface area contributed by atoms with Gasteiger partial charge in [0.05, 0.1) is 5.41 Å². The van der Waals surface area contributed by atoms with E-state index in [9.17, 15) is 4.79 Å². The molecule has 0 unspecified atom stereocenters. The Morgan fingerprint density at radius 2 is 1.86 bits per heavy atom. The molecule has 3 aliphatic rings. The van der Waals surface area contributed by atoms with Crippen molar-refractivity contribution in [3.63, 3.8) is 0 Å². The highest BCUT2D eigenvalue weighted by Gasteiger charge is 2.48. The number of fused-ring (bicyclic) bond motifs is 1. The smallest absolute Gasteiger partial charge is 0.233 e. The number of benzene rings is 1. The Balaban J connectivity index is 1.63. The van der Waals surface area contributed by atoms with E-state index >= 15 is 0 Å². The highest BCUT2D eigenvalue weighted by Crippen LogP contribution is 2.44. The Kier molecular flexibility index (Phi) is 3.77. The van der Waals surface area contributed by atoms with Gasteiger partial charge in [-0.1, -0.05) is 40.9 Å². The van der Waals surface area contributed by atoms with Gasteiger partial charge in [0, 0.05) is 30.7 Å². The van der Waals surface area contributed by atoms with Crippen LogP contribution in [0.4, 0.5) is 0 Å². The van der Waals surface area contributed by atoms with Gasteiger partial charge in [0.25, 0.3) is 0 Å². The SMILES string of the molecule is O=C(N1C[C@H]2CNC[C@H]2C1)C1(c2cccc(Br)c2)CCCC1. The summed E-state index contributed by atoms with van der Waals surface area (Å²) in [5, 5.41) is 3.46. The van der Waals surface area contributed by atoms with Crippen molar-refractivity contribution in [1.29, 1.82) is 0 Å². The molecule has 1 aromatic carbocycles. The van der Waals surface area contributed by atoms with Crippen LogP contribution in [0, 0.1) is 11.8 Å². The summed E-state index contributed by atoms with van der Waals surface area (Å²) in [6.45, 7) is 4.06. The van der Waals surface area contributed by atoms with Crippen molar-refractivity contribution in [1.82, 2.24) is 10.2 Å². The monoisotopic (exact) mass is 362 g/mol. The third-order valence-corrected chi connectivity index (χ3v) is 6.41. The number of likely N-dealkylation sites (tertiary alicyclic amines) is 1. The number of hydrogen-bond donors (Lipinski definition) is 1. The molecule has 1 aromatic rings. The van der Waals surface area contributed by atoms with Crippen molar-refractivity contribution in [2.75, 3.05) is 26.2 Å². The van der Waals surface area contributed by atoms with Gasteiger partial charge >= 0.3 is 0 Å². The lowest BCUT2D eigenvalue weighted by Gasteiger charge is -2.33. The second-order valence-corrected chi connectivity index (χ2v) is 8.10. The molecular weight excluding hydrogens is 340 g/mol. The molecule has 2 aliphatic heterocycles. The second-order valence-electron chi connectivity index (χ2n) is 7.19. The number of carbonyl (C=O) groups is 1. The number of hydrogen-bond acceptors (Lipinski definition) is 2. The van der Waals surface area contributed by atoms with E-state index in [-0.39, 0.29) is 5.41 Å². The summed E-state index contributed by atoms with van der Waals surface area (Å²) in [6, 6.07) is 8.41. The molecule has 2 atom stereocenters. The maximum Gasteiger partial charge on any atom is 0.233 e. The minimum absolute atomic E-state index is 0.268. The number of nitrogens with one attached hydrogen (secondary N) is 1. The molecule has 1 N–H and O–H groups in total. The summed E-state index contributed by atoms with van der Waals surface area (Å²) in [7, 11) is 0. The molecule has 1 aliphatic carbocycles. The van der Waals surface area contributed by atoms with Crippen LogP contribution in [0.2, 0.25) is 0 Å². The molecule has 0 radical (unpaired) electrons. The maximum absolute atomic E-state index is 13.4. The molecule has 118 valence electrons. The predicted octanol–water partition coefficient (Wildman–Crippen LogP) is 2.94. The number of nitrogens with zero attached hydrogens (tertiary/aromatic N) is 1. The van der Waals surface area contributed by atoms with Crippen LogP contribution in [0.5, 0.6) is 0 Å². The summed E-state index contributed by atoms with van der Waals surface area (Å²) in [5.74, 6) is 1.73. The molecule has 3 fully saturated rings. The van der Waals surface area contributed by atoms with Crippen LogP contribution in [0.3, 0.4) is 0 Å². The molecule has 2 saturated heterocycles. The zero-order chi connectivity index (χ0) is 15.2. The first-order valence-corrected chi connectivity index (χ1v) is 9.24. The van der Waals surface area contributed by atoms with Gasteiger partial charge in [-0.25, -0.2) is 0 Å². The van der Waals surface area contributed by atoms with Crippen molar-refractivity contribution < 1.29 is 4.79 Å². The molecule has 1 saturated carbocycles. The number of rotatable bonds is 2. The van der Waals surface area contributed by atoms with E-state index in [2.05, 4.69) is 44.3 Å². The lowest BCUT2D eigenvalue weighted by atomic mass is 9.77. The molecule has 3 nitrogen and oxygen atoms in total. The topological polar surface area (TPSA) is 32.3 Å². The van der Waals surface area contributed by atoms with Crippen LogP contribution in [-0.4, -0.2) is 37.0 Å². The van der Waals surface area contributed by atoms with Crippen LogP contribution >= 0.6 is 15.9 Å². The molecule has 0 spiro atoms. The lowest BCUT2D eigenvalue weighted by Crippen LogP contribution is -2.45. The average molecular weight is 363 g/mol. The van der Waals surface area contributed by atoms with E-state index in [0.29, 0.717) is 17.7 Å².